The fourth-order valence-electron chi connectivity index (χ4n) is 4.01. The first kappa shape index (κ1) is 15.3. The van der Waals surface area contributed by atoms with Crippen molar-refractivity contribution in [2.75, 3.05) is 13.1 Å². The fourth-order valence-corrected chi connectivity index (χ4v) is 4.01. The largest absolute Gasteiger partial charge is 0.343 e. The number of likely N-dealkylation sites (tertiary alicyclic amines) is 1. The highest BCUT2D eigenvalue weighted by molar-refractivity contribution is 5.79. The van der Waals surface area contributed by atoms with Crippen LogP contribution in [-0.4, -0.2) is 43.8 Å². The van der Waals surface area contributed by atoms with Crippen molar-refractivity contribution >= 4 is 5.91 Å². The Bertz CT molecular complexity index is 693. The van der Waals surface area contributed by atoms with Crippen molar-refractivity contribution < 1.29 is 4.79 Å². The van der Waals surface area contributed by atoms with E-state index in [2.05, 4.69) is 24.8 Å². The minimum atomic E-state index is 0.277. The summed E-state index contributed by atoms with van der Waals surface area (Å²) in [5.41, 5.74) is 1.79. The van der Waals surface area contributed by atoms with Crippen LogP contribution in [-0.2, 0) is 11.2 Å². The summed E-state index contributed by atoms with van der Waals surface area (Å²) < 4.78 is 0. The second-order valence-corrected chi connectivity index (χ2v) is 6.91. The van der Waals surface area contributed by atoms with Gasteiger partial charge in [-0.05, 0) is 31.6 Å². The molecule has 24 heavy (non-hydrogen) atoms. The van der Waals surface area contributed by atoms with E-state index in [9.17, 15) is 4.79 Å². The summed E-state index contributed by atoms with van der Waals surface area (Å²) >= 11 is 0. The molecule has 4 rings (SSSR count). The molecule has 6 nitrogen and oxygen atoms in total. The first-order chi connectivity index (χ1) is 11.8. The molecule has 0 spiro atoms. The summed E-state index contributed by atoms with van der Waals surface area (Å²) in [4.78, 5) is 31.0. The number of hydrogen-bond acceptors (Lipinski definition) is 4. The van der Waals surface area contributed by atoms with Crippen LogP contribution in [0, 0.1) is 11.8 Å². The number of rotatable bonds is 4. The number of nitrogens with one attached hydrogen (secondary N) is 1. The fraction of sp³-hybridized carbons (Fsp3) is 0.556. The summed E-state index contributed by atoms with van der Waals surface area (Å²) in [5, 5.41) is 0. The molecule has 2 fully saturated rings. The quantitative estimate of drug-likeness (QED) is 0.937. The van der Waals surface area contributed by atoms with Gasteiger partial charge in [-0.25, -0.2) is 9.97 Å². The van der Waals surface area contributed by atoms with E-state index in [0.29, 0.717) is 11.8 Å². The second kappa shape index (κ2) is 6.71. The van der Waals surface area contributed by atoms with E-state index in [1.54, 1.807) is 24.8 Å². The van der Waals surface area contributed by atoms with Crippen LogP contribution in [0.4, 0.5) is 0 Å². The Kier molecular flexibility index (Phi) is 4.28. The zero-order valence-electron chi connectivity index (χ0n) is 13.8. The van der Waals surface area contributed by atoms with Crippen molar-refractivity contribution in [3.05, 3.63) is 30.5 Å². The van der Waals surface area contributed by atoms with E-state index in [0.717, 1.165) is 56.0 Å². The molecule has 0 bridgehead atoms. The topological polar surface area (TPSA) is 74.8 Å². The van der Waals surface area contributed by atoms with Crippen molar-refractivity contribution in [3.63, 3.8) is 0 Å². The number of amides is 1. The van der Waals surface area contributed by atoms with Crippen molar-refractivity contribution in [1.82, 2.24) is 24.8 Å². The molecule has 1 saturated heterocycles. The minimum Gasteiger partial charge on any atom is -0.343 e. The molecule has 1 N–H and O–H groups in total. The molecule has 1 amide bonds. The Morgan fingerprint density at radius 3 is 2.75 bits per heavy atom. The average Bonchev–Trinajstić information content (AvgIpc) is 3.36. The molecule has 1 atom stereocenters. The van der Waals surface area contributed by atoms with Gasteiger partial charge in [-0.3, -0.25) is 9.78 Å². The van der Waals surface area contributed by atoms with Gasteiger partial charge in [0.15, 0.2) is 5.82 Å². The SMILES string of the molecule is O=C(C1CCCC1)N1CC[C@@H](Cc2nccnc2-c2ncc[nH]2)C1. The molecule has 2 aliphatic rings. The smallest absolute Gasteiger partial charge is 0.225 e. The van der Waals surface area contributed by atoms with Gasteiger partial charge >= 0.3 is 0 Å². The van der Waals surface area contributed by atoms with Gasteiger partial charge in [0.2, 0.25) is 5.91 Å². The summed E-state index contributed by atoms with van der Waals surface area (Å²) in [6.45, 7) is 1.74. The van der Waals surface area contributed by atoms with E-state index in [1.165, 1.54) is 12.8 Å². The Morgan fingerprint density at radius 1 is 1.12 bits per heavy atom. The molecule has 2 aromatic rings. The standard InChI is InChI=1S/C18H23N5O/c24-18(14-3-1-2-4-14)23-10-5-13(12-23)11-15-16(20-7-6-19-15)17-21-8-9-22-17/h6-9,13-14H,1-5,10-12H2,(H,21,22)/t13-/m0/s1. The Hall–Kier alpha value is -2.24. The van der Waals surface area contributed by atoms with Gasteiger partial charge in [-0.1, -0.05) is 12.8 Å². The van der Waals surface area contributed by atoms with Gasteiger partial charge in [-0.15, -0.1) is 0 Å². The first-order valence-corrected chi connectivity index (χ1v) is 8.89. The maximum Gasteiger partial charge on any atom is 0.225 e. The summed E-state index contributed by atoms with van der Waals surface area (Å²) in [7, 11) is 0. The molecule has 1 aliphatic carbocycles. The zero-order valence-corrected chi connectivity index (χ0v) is 13.8. The molecule has 3 heterocycles. The third-order valence-corrected chi connectivity index (χ3v) is 5.28. The van der Waals surface area contributed by atoms with Crippen LogP contribution in [0.15, 0.2) is 24.8 Å². The van der Waals surface area contributed by atoms with Gasteiger partial charge in [0.05, 0.1) is 5.69 Å². The Labute approximate surface area is 141 Å². The number of carbonyl (C=O) groups is 1. The van der Waals surface area contributed by atoms with E-state index >= 15 is 0 Å². The van der Waals surface area contributed by atoms with Crippen LogP contribution in [0.3, 0.4) is 0 Å². The van der Waals surface area contributed by atoms with Crippen LogP contribution in [0.1, 0.15) is 37.8 Å². The van der Waals surface area contributed by atoms with Crippen molar-refractivity contribution in [2.45, 2.75) is 38.5 Å². The summed E-state index contributed by atoms with van der Waals surface area (Å²) in [6.07, 6.45) is 13.4. The lowest BCUT2D eigenvalue weighted by molar-refractivity contribution is -0.134. The van der Waals surface area contributed by atoms with Gasteiger partial charge < -0.3 is 9.88 Å². The number of imidazole rings is 1. The van der Waals surface area contributed by atoms with Crippen LogP contribution >= 0.6 is 0 Å². The number of aromatic nitrogens is 4. The number of carbonyl (C=O) groups excluding carboxylic acids is 1. The van der Waals surface area contributed by atoms with Crippen LogP contribution in [0.5, 0.6) is 0 Å². The van der Waals surface area contributed by atoms with E-state index in [1.807, 2.05) is 0 Å². The third kappa shape index (κ3) is 3.05. The molecular weight excluding hydrogens is 302 g/mol. The van der Waals surface area contributed by atoms with Gasteiger partial charge in [-0.2, -0.15) is 0 Å². The normalized spacial score (nSPS) is 21.5. The molecule has 1 aliphatic heterocycles. The van der Waals surface area contributed by atoms with Crippen LogP contribution in [0.2, 0.25) is 0 Å². The first-order valence-electron chi connectivity index (χ1n) is 8.89. The van der Waals surface area contributed by atoms with Crippen LogP contribution in [0.25, 0.3) is 11.5 Å². The van der Waals surface area contributed by atoms with Gasteiger partial charge in [0.1, 0.15) is 5.69 Å². The van der Waals surface area contributed by atoms with E-state index < -0.39 is 0 Å². The molecule has 126 valence electrons. The predicted octanol–water partition coefficient (Wildman–Crippen LogP) is 2.45. The Morgan fingerprint density at radius 2 is 1.96 bits per heavy atom. The summed E-state index contributed by atoms with van der Waals surface area (Å²) in [6, 6.07) is 0. The number of aromatic amines is 1. The molecule has 0 unspecified atom stereocenters. The maximum absolute atomic E-state index is 12.6. The highest BCUT2D eigenvalue weighted by atomic mass is 16.2. The van der Waals surface area contributed by atoms with E-state index in [-0.39, 0.29) is 5.92 Å². The number of hydrogen-bond donors (Lipinski definition) is 1. The average molecular weight is 325 g/mol. The lowest BCUT2D eigenvalue weighted by atomic mass is 10.0. The predicted molar refractivity (Wildman–Crippen MR) is 90.0 cm³/mol. The Balaban J connectivity index is 1.43. The minimum absolute atomic E-state index is 0.277. The third-order valence-electron chi connectivity index (χ3n) is 5.28. The highest BCUT2D eigenvalue weighted by Gasteiger charge is 2.32. The molecule has 0 radical (unpaired) electrons. The second-order valence-electron chi connectivity index (χ2n) is 6.91. The lowest BCUT2D eigenvalue weighted by Gasteiger charge is -2.20. The highest BCUT2D eigenvalue weighted by Crippen LogP contribution is 2.30. The number of H-pyrrole nitrogens is 1. The van der Waals surface area contributed by atoms with Gasteiger partial charge in [0, 0.05) is 43.8 Å². The molecule has 0 aromatic carbocycles. The maximum atomic E-state index is 12.6. The molecule has 6 heteroatoms. The summed E-state index contributed by atoms with van der Waals surface area (Å²) in [5.74, 6) is 1.87. The molecular formula is C18H23N5O. The van der Waals surface area contributed by atoms with Crippen molar-refractivity contribution in [1.29, 1.82) is 0 Å². The van der Waals surface area contributed by atoms with Crippen molar-refractivity contribution in [2.24, 2.45) is 11.8 Å². The van der Waals surface area contributed by atoms with Crippen molar-refractivity contribution in [3.8, 4) is 11.5 Å². The molecule has 1 saturated carbocycles. The van der Waals surface area contributed by atoms with Gasteiger partial charge in [0.25, 0.3) is 0 Å². The van der Waals surface area contributed by atoms with Crippen LogP contribution < -0.4 is 0 Å². The zero-order chi connectivity index (χ0) is 16.4. The monoisotopic (exact) mass is 325 g/mol. The molecule has 2 aromatic heterocycles. The number of nitrogens with zero attached hydrogens (tertiary/aromatic N) is 4. The lowest BCUT2D eigenvalue weighted by Crippen LogP contribution is -2.33. The van der Waals surface area contributed by atoms with E-state index in [4.69, 9.17) is 0 Å².